The van der Waals surface area contributed by atoms with Crippen LogP contribution in [0.2, 0.25) is 0 Å². The van der Waals surface area contributed by atoms with Crippen molar-refractivity contribution in [3.63, 3.8) is 0 Å². The van der Waals surface area contributed by atoms with Crippen LogP contribution in [0.15, 0.2) is 22.7 Å². The van der Waals surface area contributed by atoms with Crippen LogP contribution in [0.4, 0.5) is 0 Å². The maximum absolute atomic E-state index is 10.9. The molecule has 0 radical (unpaired) electrons. The number of rotatable bonds is 5. The lowest BCUT2D eigenvalue weighted by Gasteiger charge is -2.06. The molecule has 2 N–H and O–H groups in total. The van der Waals surface area contributed by atoms with Gasteiger partial charge in [-0.05, 0) is 17.7 Å². The molecule has 0 aromatic carbocycles. The summed E-state index contributed by atoms with van der Waals surface area (Å²) in [7, 11) is 0. The summed E-state index contributed by atoms with van der Waals surface area (Å²) in [6.07, 6.45) is 2.23. The number of nitrogens with zero attached hydrogens (tertiary/aromatic N) is 3. The van der Waals surface area contributed by atoms with E-state index in [1.807, 2.05) is 28.3 Å². The minimum atomic E-state index is -0.317. The number of thioether (sulfide) groups is 1. The quantitative estimate of drug-likeness (QED) is 0.836. The zero-order valence-electron chi connectivity index (χ0n) is 9.29. The number of carbonyl (C=O) groups is 1. The van der Waals surface area contributed by atoms with Crippen molar-refractivity contribution in [1.29, 1.82) is 0 Å². The molecule has 7 heteroatoms. The van der Waals surface area contributed by atoms with Gasteiger partial charge in [-0.1, -0.05) is 17.8 Å². The minimum Gasteiger partial charge on any atom is -0.370 e. The van der Waals surface area contributed by atoms with Crippen molar-refractivity contribution in [2.75, 3.05) is 6.26 Å². The number of nitrogens with two attached hydrogens (primary N) is 1. The van der Waals surface area contributed by atoms with E-state index in [0.717, 1.165) is 15.9 Å². The highest BCUT2D eigenvalue weighted by Crippen LogP contribution is 2.26. The van der Waals surface area contributed by atoms with Crippen molar-refractivity contribution in [2.45, 2.75) is 18.1 Å². The first kappa shape index (κ1) is 12.1. The van der Waals surface area contributed by atoms with E-state index in [0.29, 0.717) is 13.0 Å². The van der Waals surface area contributed by atoms with Gasteiger partial charge >= 0.3 is 0 Å². The molecule has 0 fully saturated rings. The molecule has 0 aliphatic rings. The van der Waals surface area contributed by atoms with Crippen molar-refractivity contribution < 1.29 is 4.79 Å². The van der Waals surface area contributed by atoms with Crippen molar-refractivity contribution in [3.05, 3.63) is 17.5 Å². The zero-order chi connectivity index (χ0) is 12.3. The first-order valence-corrected chi connectivity index (χ1v) is 7.12. The Morgan fingerprint density at radius 2 is 2.41 bits per heavy atom. The van der Waals surface area contributed by atoms with Crippen LogP contribution in [0.25, 0.3) is 10.7 Å². The van der Waals surface area contributed by atoms with Crippen LogP contribution in [-0.2, 0) is 11.3 Å². The van der Waals surface area contributed by atoms with Gasteiger partial charge in [-0.15, -0.1) is 21.5 Å². The number of primary amides is 1. The number of carbonyl (C=O) groups excluding carboxylic acids is 1. The van der Waals surface area contributed by atoms with E-state index in [-0.39, 0.29) is 5.91 Å². The number of amides is 1. The lowest BCUT2D eigenvalue weighted by molar-refractivity contribution is -0.118. The molecule has 17 heavy (non-hydrogen) atoms. The molecule has 0 spiro atoms. The van der Waals surface area contributed by atoms with E-state index in [2.05, 4.69) is 10.2 Å². The Labute approximate surface area is 107 Å². The molecule has 2 aromatic rings. The van der Waals surface area contributed by atoms with Gasteiger partial charge in [0, 0.05) is 13.0 Å². The number of aromatic nitrogens is 3. The van der Waals surface area contributed by atoms with E-state index >= 15 is 0 Å². The topological polar surface area (TPSA) is 73.8 Å². The molecule has 2 rings (SSSR count). The molecule has 0 atom stereocenters. The van der Waals surface area contributed by atoms with Crippen LogP contribution in [-0.4, -0.2) is 26.9 Å². The Morgan fingerprint density at radius 1 is 1.59 bits per heavy atom. The largest absolute Gasteiger partial charge is 0.370 e. The summed E-state index contributed by atoms with van der Waals surface area (Å²) in [5.74, 6) is 0.480. The second kappa shape index (κ2) is 5.33. The molecule has 5 nitrogen and oxygen atoms in total. The molecule has 2 aromatic heterocycles. The van der Waals surface area contributed by atoms with Gasteiger partial charge in [0.25, 0.3) is 0 Å². The van der Waals surface area contributed by atoms with Gasteiger partial charge in [0.2, 0.25) is 5.91 Å². The Hall–Kier alpha value is -1.34. The standard InChI is InChI=1S/C10H12N4OS2/c1-16-10-13-12-9(7-3-2-6-17-7)14(10)5-4-8(11)15/h2-3,6H,4-5H2,1H3,(H2,11,15). The SMILES string of the molecule is CSc1nnc(-c2cccs2)n1CCC(N)=O. The van der Waals surface area contributed by atoms with E-state index in [1.54, 1.807) is 11.3 Å². The highest BCUT2D eigenvalue weighted by Gasteiger charge is 2.14. The average molecular weight is 268 g/mol. The molecular formula is C10H12N4OS2. The van der Waals surface area contributed by atoms with Crippen LogP contribution in [0.3, 0.4) is 0 Å². The number of hydrogen-bond acceptors (Lipinski definition) is 5. The van der Waals surface area contributed by atoms with E-state index in [1.165, 1.54) is 11.8 Å². The Bertz CT molecular complexity index is 506. The van der Waals surface area contributed by atoms with Gasteiger partial charge < -0.3 is 10.3 Å². The highest BCUT2D eigenvalue weighted by atomic mass is 32.2. The molecule has 0 saturated carbocycles. The van der Waals surface area contributed by atoms with Gasteiger partial charge in [-0.2, -0.15) is 0 Å². The predicted octanol–water partition coefficient (Wildman–Crippen LogP) is 1.60. The maximum atomic E-state index is 10.9. The summed E-state index contributed by atoms with van der Waals surface area (Å²) in [4.78, 5) is 11.9. The Kier molecular flexibility index (Phi) is 3.80. The van der Waals surface area contributed by atoms with Gasteiger partial charge in [0.1, 0.15) is 0 Å². The first-order chi connectivity index (χ1) is 8.22. The zero-order valence-corrected chi connectivity index (χ0v) is 10.9. The second-order valence-electron chi connectivity index (χ2n) is 3.36. The van der Waals surface area contributed by atoms with Crippen LogP contribution < -0.4 is 5.73 Å². The molecule has 90 valence electrons. The summed E-state index contributed by atoms with van der Waals surface area (Å²) in [6.45, 7) is 0.520. The first-order valence-electron chi connectivity index (χ1n) is 5.01. The van der Waals surface area contributed by atoms with E-state index in [4.69, 9.17) is 5.73 Å². The lowest BCUT2D eigenvalue weighted by atomic mass is 10.4. The van der Waals surface area contributed by atoms with Crippen LogP contribution in [0.1, 0.15) is 6.42 Å². The van der Waals surface area contributed by atoms with Gasteiger partial charge in [-0.25, -0.2) is 0 Å². The van der Waals surface area contributed by atoms with Crippen molar-refractivity contribution in [3.8, 4) is 10.7 Å². The molecule has 0 unspecified atom stereocenters. The summed E-state index contributed by atoms with van der Waals surface area (Å²) in [5, 5.41) is 11.0. The highest BCUT2D eigenvalue weighted by molar-refractivity contribution is 7.98. The summed E-state index contributed by atoms with van der Waals surface area (Å²) < 4.78 is 1.93. The summed E-state index contributed by atoms with van der Waals surface area (Å²) in [6, 6.07) is 3.95. The molecule has 0 bridgehead atoms. The smallest absolute Gasteiger partial charge is 0.219 e. The van der Waals surface area contributed by atoms with E-state index < -0.39 is 0 Å². The Morgan fingerprint density at radius 3 is 3.00 bits per heavy atom. The van der Waals surface area contributed by atoms with Crippen molar-refractivity contribution in [2.24, 2.45) is 5.73 Å². The van der Waals surface area contributed by atoms with Crippen molar-refractivity contribution in [1.82, 2.24) is 14.8 Å². The molecule has 1 amide bonds. The van der Waals surface area contributed by atoms with Crippen LogP contribution in [0.5, 0.6) is 0 Å². The number of thiophene rings is 1. The Balaban J connectivity index is 2.32. The van der Waals surface area contributed by atoms with Gasteiger partial charge in [0.05, 0.1) is 4.88 Å². The minimum absolute atomic E-state index is 0.296. The fourth-order valence-electron chi connectivity index (χ4n) is 1.45. The summed E-state index contributed by atoms with van der Waals surface area (Å²) >= 11 is 3.11. The summed E-state index contributed by atoms with van der Waals surface area (Å²) in [5.41, 5.74) is 5.17. The third kappa shape index (κ3) is 2.67. The number of hydrogen-bond donors (Lipinski definition) is 1. The van der Waals surface area contributed by atoms with Crippen LogP contribution in [0, 0.1) is 0 Å². The monoisotopic (exact) mass is 268 g/mol. The molecular weight excluding hydrogens is 256 g/mol. The van der Waals surface area contributed by atoms with Crippen molar-refractivity contribution >= 4 is 29.0 Å². The fourth-order valence-corrected chi connectivity index (χ4v) is 2.69. The van der Waals surface area contributed by atoms with Gasteiger partial charge in [0.15, 0.2) is 11.0 Å². The second-order valence-corrected chi connectivity index (χ2v) is 5.08. The normalized spacial score (nSPS) is 10.6. The third-order valence-electron chi connectivity index (χ3n) is 2.22. The molecule has 0 aliphatic heterocycles. The molecule has 0 saturated heterocycles. The van der Waals surface area contributed by atoms with Gasteiger partial charge in [-0.3, -0.25) is 4.79 Å². The van der Waals surface area contributed by atoms with E-state index in [9.17, 15) is 4.79 Å². The van der Waals surface area contributed by atoms with Crippen LogP contribution >= 0.6 is 23.1 Å². The molecule has 0 aliphatic carbocycles. The maximum Gasteiger partial charge on any atom is 0.219 e. The third-order valence-corrected chi connectivity index (χ3v) is 3.76. The fraction of sp³-hybridized carbons (Fsp3) is 0.300. The predicted molar refractivity (Wildman–Crippen MR) is 68.9 cm³/mol. The lowest BCUT2D eigenvalue weighted by Crippen LogP contribution is -2.14. The molecule has 2 heterocycles. The average Bonchev–Trinajstić information content (AvgIpc) is 2.94.